The molecule has 2 aliphatic heterocycles. The molecule has 18 heavy (non-hydrogen) atoms. The molecule has 2 heterocycles. The van der Waals surface area contributed by atoms with E-state index < -0.39 is 0 Å². The highest BCUT2D eigenvalue weighted by molar-refractivity contribution is 5.83. The first-order chi connectivity index (χ1) is 8.58. The quantitative estimate of drug-likeness (QED) is 0.733. The molecule has 2 saturated heterocycles. The van der Waals surface area contributed by atoms with E-state index in [9.17, 15) is 9.59 Å². The topological polar surface area (TPSA) is 75.4 Å². The summed E-state index contributed by atoms with van der Waals surface area (Å²) in [7, 11) is 0. The molecular weight excluding hydrogens is 230 g/mol. The van der Waals surface area contributed by atoms with Crippen LogP contribution in [-0.2, 0) is 9.59 Å². The molecule has 0 radical (unpaired) electrons. The number of hydrogen-bond donors (Lipinski definition) is 2. The van der Waals surface area contributed by atoms with Gasteiger partial charge in [-0.1, -0.05) is 0 Å². The number of carbonyl (C=O) groups is 2. The van der Waals surface area contributed by atoms with Crippen LogP contribution < -0.4 is 11.1 Å². The molecule has 5 nitrogen and oxygen atoms in total. The number of nitrogens with two attached hydrogens (primary N) is 1. The van der Waals surface area contributed by atoms with E-state index in [1.165, 1.54) is 0 Å². The summed E-state index contributed by atoms with van der Waals surface area (Å²) in [5.74, 6) is 0.794. The maximum atomic E-state index is 12.3. The molecule has 5 heteroatoms. The fraction of sp³-hybridized carbons (Fsp3) is 0.846. The van der Waals surface area contributed by atoms with Crippen molar-refractivity contribution in [3.63, 3.8) is 0 Å². The van der Waals surface area contributed by atoms with Crippen molar-refractivity contribution >= 4 is 11.8 Å². The Labute approximate surface area is 108 Å². The van der Waals surface area contributed by atoms with Crippen LogP contribution in [-0.4, -0.2) is 42.4 Å². The Morgan fingerprint density at radius 3 is 2.56 bits per heavy atom. The third-order valence-corrected chi connectivity index (χ3v) is 4.21. The van der Waals surface area contributed by atoms with Crippen LogP contribution in [0.25, 0.3) is 0 Å². The first kappa shape index (κ1) is 13.3. The molecule has 2 fully saturated rings. The molecule has 102 valence electrons. The fourth-order valence-electron chi connectivity index (χ4n) is 2.85. The lowest BCUT2D eigenvalue weighted by atomic mass is 9.89. The molecule has 0 spiro atoms. The van der Waals surface area contributed by atoms with Gasteiger partial charge in [0.15, 0.2) is 0 Å². The zero-order chi connectivity index (χ0) is 13.1. The lowest BCUT2D eigenvalue weighted by molar-refractivity contribution is -0.138. The maximum absolute atomic E-state index is 12.3. The van der Waals surface area contributed by atoms with Crippen LogP contribution in [0.15, 0.2) is 0 Å². The van der Waals surface area contributed by atoms with Crippen molar-refractivity contribution in [2.75, 3.05) is 19.6 Å². The van der Waals surface area contributed by atoms with Crippen molar-refractivity contribution in [2.45, 2.75) is 38.6 Å². The Balaban J connectivity index is 1.82. The Morgan fingerprint density at radius 2 is 2.06 bits per heavy atom. The number of likely N-dealkylation sites (tertiary alicyclic amines) is 1. The van der Waals surface area contributed by atoms with Gasteiger partial charge in [-0.05, 0) is 32.1 Å². The van der Waals surface area contributed by atoms with E-state index in [2.05, 4.69) is 5.32 Å². The van der Waals surface area contributed by atoms with Crippen LogP contribution in [0.4, 0.5) is 0 Å². The molecule has 0 aromatic heterocycles. The predicted molar refractivity (Wildman–Crippen MR) is 68.7 cm³/mol. The summed E-state index contributed by atoms with van der Waals surface area (Å²) in [6, 6.07) is 0.219. The number of hydrogen-bond acceptors (Lipinski definition) is 3. The molecule has 2 amide bonds. The maximum Gasteiger partial charge on any atom is 0.227 e. The van der Waals surface area contributed by atoms with E-state index in [-0.39, 0.29) is 23.8 Å². The number of piperidine rings is 2. The summed E-state index contributed by atoms with van der Waals surface area (Å²) in [6.07, 6.45) is 3.18. The highest BCUT2D eigenvalue weighted by Gasteiger charge is 2.31. The van der Waals surface area contributed by atoms with Gasteiger partial charge in [0, 0.05) is 32.1 Å². The van der Waals surface area contributed by atoms with E-state index >= 15 is 0 Å². The van der Waals surface area contributed by atoms with Gasteiger partial charge in [-0.15, -0.1) is 0 Å². The molecule has 0 aromatic carbocycles. The average Bonchev–Trinajstić information content (AvgIpc) is 2.39. The minimum atomic E-state index is -0.0189. The monoisotopic (exact) mass is 253 g/mol. The van der Waals surface area contributed by atoms with Crippen molar-refractivity contribution in [1.82, 2.24) is 10.2 Å². The summed E-state index contributed by atoms with van der Waals surface area (Å²) >= 11 is 0. The lowest BCUT2D eigenvalue weighted by Crippen LogP contribution is -2.48. The number of rotatable bonds is 2. The molecule has 3 N–H and O–H groups in total. The van der Waals surface area contributed by atoms with Gasteiger partial charge in [0.2, 0.25) is 11.8 Å². The summed E-state index contributed by atoms with van der Waals surface area (Å²) in [6.45, 7) is 4.18. The van der Waals surface area contributed by atoms with Gasteiger partial charge < -0.3 is 16.0 Å². The molecular formula is C13H23N3O2. The van der Waals surface area contributed by atoms with E-state index in [4.69, 9.17) is 5.73 Å². The van der Waals surface area contributed by atoms with Crippen LogP contribution in [0.5, 0.6) is 0 Å². The smallest absolute Gasteiger partial charge is 0.227 e. The Kier molecular flexibility index (Phi) is 4.22. The molecule has 0 aliphatic carbocycles. The SMILES string of the molecule is CC(N)C1CCN(C(=O)C2CCC(=O)NC2)CC1. The van der Waals surface area contributed by atoms with Gasteiger partial charge in [0.25, 0.3) is 0 Å². The molecule has 2 rings (SSSR count). The van der Waals surface area contributed by atoms with E-state index in [0.29, 0.717) is 25.3 Å². The Morgan fingerprint density at radius 1 is 1.39 bits per heavy atom. The standard InChI is InChI=1S/C13H23N3O2/c1-9(14)10-4-6-16(7-5-10)13(18)11-2-3-12(17)15-8-11/h9-11H,2-8,14H2,1H3,(H,15,17). The van der Waals surface area contributed by atoms with Crippen molar-refractivity contribution in [3.05, 3.63) is 0 Å². The van der Waals surface area contributed by atoms with E-state index in [1.54, 1.807) is 0 Å². The third kappa shape index (κ3) is 3.02. The van der Waals surface area contributed by atoms with Gasteiger partial charge in [0.1, 0.15) is 0 Å². The van der Waals surface area contributed by atoms with Crippen LogP contribution in [0.3, 0.4) is 0 Å². The first-order valence-electron chi connectivity index (χ1n) is 6.89. The molecule has 2 atom stereocenters. The Hall–Kier alpha value is -1.10. The largest absolute Gasteiger partial charge is 0.355 e. The lowest BCUT2D eigenvalue weighted by Gasteiger charge is -2.36. The fourth-order valence-corrected chi connectivity index (χ4v) is 2.85. The van der Waals surface area contributed by atoms with Crippen LogP contribution >= 0.6 is 0 Å². The van der Waals surface area contributed by atoms with Gasteiger partial charge in [-0.25, -0.2) is 0 Å². The van der Waals surface area contributed by atoms with Crippen LogP contribution in [0.1, 0.15) is 32.6 Å². The van der Waals surface area contributed by atoms with Crippen LogP contribution in [0.2, 0.25) is 0 Å². The first-order valence-corrected chi connectivity index (χ1v) is 6.89. The molecule has 0 bridgehead atoms. The number of nitrogens with zero attached hydrogens (tertiary/aromatic N) is 1. The van der Waals surface area contributed by atoms with Crippen molar-refractivity contribution < 1.29 is 9.59 Å². The van der Waals surface area contributed by atoms with Gasteiger partial charge >= 0.3 is 0 Å². The highest BCUT2D eigenvalue weighted by Crippen LogP contribution is 2.22. The van der Waals surface area contributed by atoms with E-state index in [0.717, 1.165) is 25.9 Å². The summed E-state index contributed by atoms with van der Waals surface area (Å²) in [5, 5.41) is 2.77. The Bertz CT molecular complexity index is 312. The predicted octanol–water partition coefficient (Wildman–Crippen LogP) is 0.0984. The van der Waals surface area contributed by atoms with Gasteiger partial charge in [-0.3, -0.25) is 9.59 Å². The normalized spacial score (nSPS) is 27.8. The van der Waals surface area contributed by atoms with E-state index in [1.807, 2.05) is 11.8 Å². The second kappa shape index (κ2) is 5.69. The van der Waals surface area contributed by atoms with Gasteiger partial charge in [0.05, 0.1) is 5.92 Å². The van der Waals surface area contributed by atoms with Crippen molar-refractivity contribution in [1.29, 1.82) is 0 Å². The molecule has 0 aromatic rings. The van der Waals surface area contributed by atoms with Gasteiger partial charge in [-0.2, -0.15) is 0 Å². The summed E-state index contributed by atoms with van der Waals surface area (Å²) in [4.78, 5) is 25.3. The second-order valence-corrected chi connectivity index (χ2v) is 5.56. The molecule has 2 unspecified atom stereocenters. The number of nitrogens with one attached hydrogen (secondary N) is 1. The van der Waals surface area contributed by atoms with Crippen molar-refractivity contribution in [3.8, 4) is 0 Å². The second-order valence-electron chi connectivity index (χ2n) is 5.56. The highest BCUT2D eigenvalue weighted by atomic mass is 16.2. The number of amides is 2. The third-order valence-electron chi connectivity index (χ3n) is 4.21. The average molecular weight is 253 g/mol. The molecule has 0 saturated carbocycles. The zero-order valence-corrected chi connectivity index (χ0v) is 11.0. The number of carbonyl (C=O) groups excluding carboxylic acids is 2. The van der Waals surface area contributed by atoms with Crippen molar-refractivity contribution in [2.24, 2.45) is 17.6 Å². The minimum absolute atomic E-state index is 0.0189. The minimum Gasteiger partial charge on any atom is -0.355 e. The zero-order valence-electron chi connectivity index (χ0n) is 11.0. The summed E-state index contributed by atoms with van der Waals surface area (Å²) < 4.78 is 0. The van der Waals surface area contributed by atoms with Crippen LogP contribution in [0, 0.1) is 11.8 Å². The molecule has 2 aliphatic rings. The summed E-state index contributed by atoms with van der Waals surface area (Å²) in [5.41, 5.74) is 5.90.